The smallest absolute Gasteiger partial charge is 0.160 e. The Labute approximate surface area is 128 Å². The minimum atomic E-state index is -0.618. The first-order chi connectivity index (χ1) is 9.44. The Kier molecular flexibility index (Phi) is 5.35. The monoisotopic (exact) mass is 292 g/mol. The quantitative estimate of drug-likeness (QED) is 0.435. The number of Topliss-reactive ketones (excluding diaryl/α,β-unsaturated/α-hetero) is 1. The lowest BCUT2D eigenvalue weighted by molar-refractivity contribution is -0.401. The van der Waals surface area contributed by atoms with Crippen molar-refractivity contribution < 1.29 is 14.6 Å². The second-order valence-corrected chi connectivity index (χ2v) is 7.30. The van der Waals surface area contributed by atoms with Crippen LogP contribution < -0.4 is 0 Å². The van der Waals surface area contributed by atoms with Gasteiger partial charge in [0, 0.05) is 5.56 Å². The van der Waals surface area contributed by atoms with Crippen molar-refractivity contribution in [3.05, 3.63) is 34.9 Å². The van der Waals surface area contributed by atoms with E-state index in [1.54, 1.807) is 6.92 Å². The third-order valence-corrected chi connectivity index (χ3v) is 3.25. The summed E-state index contributed by atoms with van der Waals surface area (Å²) in [5.41, 5.74) is 1.76. The molecule has 0 atom stereocenters. The molecular weight excluding hydrogens is 264 g/mol. The second-order valence-electron chi connectivity index (χ2n) is 7.30. The average molecular weight is 292 g/mol. The molecule has 0 heterocycles. The van der Waals surface area contributed by atoms with Gasteiger partial charge in [-0.1, -0.05) is 26.0 Å². The van der Waals surface area contributed by atoms with Crippen molar-refractivity contribution in [2.75, 3.05) is 0 Å². The fourth-order valence-electron chi connectivity index (χ4n) is 2.02. The van der Waals surface area contributed by atoms with Crippen molar-refractivity contribution in [1.82, 2.24) is 0 Å². The van der Waals surface area contributed by atoms with E-state index < -0.39 is 5.60 Å². The summed E-state index contributed by atoms with van der Waals surface area (Å²) in [5, 5.41) is 0. The van der Waals surface area contributed by atoms with E-state index >= 15 is 0 Å². The Balaban J connectivity index is 3.13. The van der Waals surface area contributed by atoms with Crippen LogP contribution in [0.15, 0.2) is 18.2 Å². The Morgan fingerprint density at radius 3 is 2.05 bits per heavy atom. The molecule has 3 nitrogen and oxygen atoms in total. The maximum atomic E-state index is 11.9. The van der Waals surface area contributed by atoms with E-state index in [4.69, 9.17) is 9.78 Å². The lowest BCUT2D eigenvalue weighted by atomic mass is 9.89. The molecule has 1 aromatic rings. The van der Waals surface area contributed by atoms with Gasteiger partial charge < -0.3 is 0 Å². The van der Waals surface area contributed by atoms with Crippen molar-refractivity contribution >= 4 is 5.78 Å². The summed E-state index contributed by atoms with van der Waals surface area (Å²) in [6.45, 7) is 15.5. The zero-order valence-electron chi connectivity index (χ0n) is 14.5. The van der Waals surface area contributed by atoms with Crippen molar-refractivity contribution in [3.63, 3.8) is 0 Å². The van der Waals surface area contributed by atoms with Gasteiger partial charge in [-0.2, -0.15) is 0 Å². The van der Waals surface area contributed by atoms with Gasteiger partial charge in [-0.15, -0.1) is 0 Å². The third kappa shape index (κ3) is 4.94. The van der Waals surface area contributed by atoms with E-state index in [-0.39, 0.29) is 11.4 Å². The fourth-order valence-corrected chi connectivity index (χ4v) is 2.02. The number of hydrogen-bond acceptors (Lipinski definition) is 3. The van der Waals surface area contributed by atoms with Gasteiger partial charge in [0.1, 0.15) is 5.60 Å². The molecule has 0 spiro atoms. The molecule has 0 saturated heterocycles. The third-order valence-electron chi connectivity index (χ3n) is 3.25. The number of benzene rings is 1. The van der Waals surface area contributed by atoms with Crippen LogP contribution in [0.5, 0.6) is 0 Å². The van der Waals surface area contributed by atoms with E-state index in [1.807, 2.05) is 52.8 Å². The van der Waals surface area contributed by atoms with Gasteiger partial charge in [0.05, 0.1) is 5.60 Å². The summed E-state index contributed by atoms with van der Waals surface area (Å²) in [4.78, 5) is 22.9. The first kappa shape index (κ1) is 17.9. The highest BCUT2D eigenvalue weighted by Crippen LogP contribution is 2.30. The minimum Gasteiger partial charge on any atom is -0.295 e. The molecule has 0 saturated carbocycles. The number of hydrogen-bond donors (Lipinski definition) is 0. The highest BCUT2D eigenvalue weighted by molar-refractivity contribution is 5.96. The Bertz CT molecular complexity index is 508. The topological polar surface area (TPSA) is 35.5 Å². The molecule has 1 aromatic carbocycles. The molecule has 3 heteroatoms. The molecule has 0 unspecified atom stereocenters. The van der Waals surface area contributed by atoms with E-state index in [1.165, 1.54) is 0 Å². The number of carbonyl (C=O) groups is 1. The highest BCUT2D eigenvalue weighted by Gasteiger charge is 2.27. The summed E-state index contributed by atoms with van der Waals surface area (Å²) in [6.07, 6.45) is 0. The maximum absolute atomic E-state index is 11.9. The van der Waals surface area contributed by atoms with Crippen molar-refractivity contribution in [2.24, 2.45) is 0 Å². The predicted octanol–water partition coefficient (Wildman–Crippen LogP) is 4.99. The van der Waals surface area contributed by atoms with E-state index in [9.17, 15) is 4.79 Å². The molecule has 0 amide bonds. The van der Waals surface area contributed by atoms with Crippen LogP contribution in [-0.2, 0) is 15.4 Å². The van der Waals surface area contributed by atoms with Crippen LogP contribution in [0.1, 0.15) is 82.8 Å². The van der Waals surface area contributed by atoms with E-state index in [0.29, 0.717) is 5.92 Å². The minimum absolute atomic E-state index is 0.0769. The zero-order valence-corrected chi connectivity index (χ0v) is 14.5. The zero-order chi connectivity index (χ0) is 16.4. The molecule has 0 bridgehead atoms. The maximum Gasteiger partial charge on any atom is 0.160 e. The van der Waals surface area contributed by atoms with Gasteiger partial charge in [-0.05, 0) is 64.7 Å². The Morgan fingerprint density at radius 2 is 1.62 bits per heavy atom. The molecular formula is C18H28O3. The van der Waals surface area contributed by atoms with Crippen molar-refractivity contribution in [1.29, 1.82) is 0 Å². The molecule has 0 aliphatic carbocycles. The first-order valence-electron chi connectivity index (χ1n) is 7.46. The molecule has 21 heavy (non-hydrogen) atoms. The van der Waals surface area contributed by atoms with Crippen LogP contribution in [0.4, 0.5) is 0 Å². The first-order valence-corrected chi connectivity index (χ1v) is 7.46. The van der Waals surface area contributed by atoms with Gasteiger partial charge in [0.2, 0.25) is 0 Å². The summed E-state index contributed by atoms with van der Waals surface area (Å²) in [6, 6.07) is 5.94. The van der Waals surface area contributed by atoms with Crippen LogP contribution >= 0.6 is 0 Å². The van der Waals surface area contributed by atoms with Crippen LogP contribution in [0.25, 0.3) is 0 Å². The number of carbonyl (C=O) groups excluding carboxylic acids is 1. The number of rotatable bonds is 5. The molecule has 0 fully saturated rings. The van der Waals surface area contributed by atoms with E-state index in [0.717, 1.165) is 16.7 Å². The van der Waals surface area contributed by atoms with Crippen LogP contribution in [-0.4, -0.2) is 11.4 Å². The van der Waals surface area contributed by atoms with Crippen LogP contribution in [0.2, 0.25) is 0 Å². The molecule has 0 aromatic heterocycles. The van der Waals surface area contributed by atoms with Crippen LogP contribution in [0, 0.1) is 0 Å². The molecule has 1 rings (SSSR count). The van der Waals surface area contributed by atoms with Crippen molar-refractivity contribution in [3.8, 4) is 0 Å². The Morgan fingerprint density at radius 1 is 1.05 bits per heavy atom. The summed E-state index contributed by atoms with van der Waals surface area (Å²) in [7, 11) is 0. The van der Waals surface area contributed by atoms with Gasteiger partial charge in [0.15, 0.2) is 5.78 Å². The van der Waals surface area contributed by atoms with Crippen molar-refractivity contribution in [2.45, 2.75) is 72.5 Å². The molecule has 0 aliphatic heterocycles. The lowest BCUT2D eigenvalue weighted by Crippen LogP contribution is -2.29. The van der Waals surface area contributed by atoms with Gasteiger partial charge in [-0.3, -0.25) is 4.79 Å². The standard InChI is InChI=1S/C18H28O3/c1-12(2)15-10-9-14(11-16(15)13(3)19)18(7,8)21-20-17(4,5)6/h9-12H,1-8H3. The Hall–Kier alpha value is -1.19. The van der Waals surface area contributed by atoms with Gasteiger partial charge in [0.25, 0.3) is 0 Å². The molecule has 118 valence electrons. The largest absolute Gasteiger partial charge is 0.295 e. The highest BCUT2D eigenvalue weighted by atomic mass is 17.2. The van der Waals surface area contributed by atoms with Gasteiger partial charge in [-0.25, -0.2) is 9.78 Å². The second kappa shape index (κ2) is 6.29. The normalized spacial score (nSPS) is 12.8. The summed E-state index contributed by atoms with van der Waals surface area (Å²) in [5.74, 6) is 0.390. The molecule has 0 radical (unpaired) electrons. The lowest BCUT2D eigenvalue weighted by Gasteiger charge is -2.29. The molecule has 0 aliphatic rings. The van der Waals surface area contributed by atoms with E-state index in [2.05, 4.69) is 13.8 Å². The summed E-state index contributed by atoms with van der Waals surface area (Å²) < 4.78 is 0. The predicted molar refractivity (Wildman–Crippen MR) is 85.5 cm³/mol. The fraction of sp³-hybridized carbons (Fsp3) is 0.611. The summed E-state index contributed by atoms with van der Waals surface area (Å²) >= 11 is 0. The molecule has 0 N–H and O–H groups in total. The number of ketones is 1. The SMILES string of the molecule is CC(=O)c1cc(C(C)(C)OOC(C)(C)C)ccc1C(C)C. The van der Waals surface area contributed by atoms with Gasteiger partial charge >= 0.3 is 0 Å². The van der Waals surface area contributed by atoms with Crippen LogP contribution in [0.3, 0.4) is 0 Å². The average Bonchev–Trinajstić information content (AvgIpc) is 2.34.